The average Bonchev–Trinajstić information content (AvgIpc) is 3.32. The molecule has 3 N–H and O–H groups in total. The van der Waals surface area contributed by atoms with Gasteiger partial charge in [0.1, 0.15) is 11.4 Å². The van der Waals surface area contributed by atoms with Crippen LogP contribution in [0.2, 0.25) is 0 Å². The highest BCUT2D eigenvalue weighted by Crippen LogP contribution is 2.25. The molecule has 0 bridgehead atoms. The van der Waals surface area contributed by atoms with Crippen LogP contribution in [0.3, 0.4) is 0 Å². The summed E-state index contributed by atoms with van der Waals surface area (Å²) in [6, 6.07) is 10.2. The molecule has 0 saturated heterocycles. The molecule has 0 saturated carbocycles. The van der Waals surface area contributed by atoms with Crippen LogP contribution in [0.4, 0.5) is 20.8 Å². The van der Waals surface area contributed by atoms with Crippen molar-refractivity contribution in [2.24, 2.45) is 0 Å². The second-order valence-electron chi connectivity index (χ2n) is 9.66. The van der Waals surface area contributed by atoms with Crippen molar-refractivity contribution in [3.05, 3.63) is 76.8 Å². The Kier molecular flexibility index (Phi) is 8.16. The molecule has 3 heterocycles. The third-order valence-corrected chi connectivity index (χ3v) is 6.30. The van der Waals surface area contributed by atoms with Crippen molar-refractivity contribution in [1.29, 1.82) is 0 Å². The molecule has 1 unspecified atom stereocenters. The smallest absolute Gasteiger partial charge is 0.412 e. The zero-order valence-electron chi connectivity index (χ0n) is 21.5. The Hall–Kier alpha value is -4.12. The van der Waals surface area contributed by atoms with E-state index in [1.54, 1.807) is 39.1 Å². The molecular formula is C27H29FN6O3S. The van der Waals surface area contributed by atoms with Gasteiger partial charge in [0.05, 0.1) is 22.5 Å². The summed E-state index contributed by atoms with van der Waals surface area (Å²) in [7, 11) is 0. The lowest BCUT2D eigenvalue weighted by Crippen LogP contribution is -2.27. The number of benzene rings is 1. The van der Waals surface area contributed by atoms with Gasteiger partial charge in [-0.25, -0.2) is 19.2 Å². The molecule has 198 valence electrons. The number of hydrogen-bond acceptors (Lipinski definition) is 8. The molecule has 0 radical (unpaired) electrons. The minimum absolute atomic E-state index is 0.269. The van der Waals surface area contributed by atoms with E-state index in [1.165, 1.54) is 17.4 Å². The fourth-order valence-corrected chi connectivity index (χ4v) is 4.42. The topological polar surface area (TPSA) is 118 Å². The van der Waals surface area contributed by atoms with Gasteiger partial charge in [0, 0.05) is 18.4 Å². The largest absolute Gasteiger partial charge is 0.444 e. The molecule has 4 aromatic rings. The number of ether oxygens (including phenoxy) is 1. The molecule has 1 aromatic carbocycles. The summed E-state index contributed by atoms with van der Waals surface area (Å²) in [4.78, 5) is 37.8. The van der Waals surface area contributed by atoms with Crippen LogP contribution in [-0.2, 0) is 11.2 Å². The predicted octanol–water partition coefficient (Wildman–Crippen LogP) is 5.72. The number of carbonyl (C=O) groups is 2. The Morgan fingerprint density at radius 3 is 2.58 bits per heavy atom. The number of carbonyl (C=O) groups excluding carboxylic acids is 2. The highest BCUT2D eigenvalue weighted by molar-refractivity contribution is 7.17. The zero-order valence-corrected chi connectivity index (χ0v) is 22.4. The summed E-state index contributed by atoms with van der Waals surface area (Å²) < 4.78 is 19.5. The number of aromatic nitrogens is 3. The lowest BCUT2D eigenvalue weighted by Gasteiger charge is -2.19. The van der Waals surface area contributed by atoms with Gasteiger partial charge in [-0.3, -0.25) is 15.1 Å². The van der Waals surface area contributed by atoms with E-state index >= 15 is 0 Å². The monoisotopic (exact) mass is 536 g/mol. The fraction of sp³-hybridized carbons (Fsp3) is 0.296. The van der Waals surface area contributed by atoms with E-state index in [0.717, 1.165) is 11.8 Å². The molecule has 0 aliphatic heterocycles. The molecule has 0 aliphatic carbocycles. The maximum absolute atomic E-state index is 13.6. The highest BCUT2D eigenvalue weighted by atomic mass is 32.1. The third-order valence-electron chi connectivity index (χ3n) is 5.39. The molecule has 38 heavy (non-hydrogen) atoms. The lowest BCUT2D eigenvalue weighted by molar-refractivity contribution is 0.0635. The second-order valence-corrected chi connectivity index (χ2v) is 10.6. The number of pyridine rings is 1. The zero-order chi connectivity index (χ0) is 27.3. The van der Waals surface area contributed by atoms with Gasteiger partial charge in [0.15, 0.2) is 5.69 Å². The van der Waals surface area contributed by atoms with Gasteiger partial charge in [0.25, 0.3) is 5.91 Å². The van der Waals surface area contributed by atoms with Crippen molar-refractivity contribution in [1.82, 2.24) is 20.3 Å². The number of fused-ring (bicyclic) bond motifs is 1. The number of thiophene rings is 1. The van der Waals surface area contributed by atoms with Crippen LogP contribution >= 0.6 is 11.3 Å². The molecule has 1 atom stereocenters. The third kappa shape index (κ3) is 7.22. The Morgan fingerprint density at radius 2 is 1.87 bits per heavy atom. The number of hydrogen-bond donors (Lipinski definition) is 3. The Bertz CT molecular complexity index is 1440. The van der Waals surface area contributed by atoms with Gasteiger partial charge >= 0.3 is 6.09 Å². The van der Waals surface area contributed by atoms with Crippen molar-refractivity contribution in [2.75, 3.05) is 17.2 Å². The summed E-state index contributed by atoms with van der Waals surface area (Å²) in [5.74, 6) is -0.476. The van der Waals surface area contributed by atoms with Crippen LogP contribution in [0, 0.1) is 5.82 Å². The van der Waals surface area contributed by atoms with E-state index in [9.17, 15) is 14.0 Å². The summed E-state index contributed by atoms with van der Waals surface area (Å²) in [5, 5.41) is 10.6. The molecule has 2 amide bonds. The van der Waals surface area contributed by atoms with Gasteiger partial charge in [-0.2, -0.15) is 0 Å². The minimum Gasteiger partial charge on any atom is -0.444 e. The number of rotatable bonds is 8. The lowest BCUT2D eigenvalue weighted by atomic mass is 10.1. The van der Waals surface area contributed by atoms with Gasteiger partial charge in [0.2, 0.25) is 5.95 Å². The minimum atomic E-state index is -0.575. The number of nitrogens with one attached hydrogen (secondary N) is 3. The number of nitrogens with zero attached hydrogens (tertiary/aromatic N) is 3. The van der Waals surface area contributed by atoms with Crippen LogP contribution in [0.15, 0.2) is 54.2 Å². The highest BCUT2D eigenvalue weighted by Gasteiger charge is 2.18. The molecular weight excluding hydrogens is 507 g/mol. The van der Waals surface area contributed by atoms with Crippen molar-refractivity contribution in [3.63, 3.8) is 0 Å². The van der Waals surface area contributed by atoms with Crippen molar-refractivity contribution >= 4 is 45.2 Å². The standard InChI is InChI=1S/C27H29FN6O3S/c1-16(18-13-19(28)15-29-14-18)31-25-33-21-10-12-38-23(21)22(34-25)24(35)30-11-9-17-5-7-20(8-6-17)32-26(36)37-27(2,3)4/h5-8,10,12-16H,9,11H2,1-4H3,(H,30,35)(H,32,36)(H,31,33,34). The molecule has 0 fully saturated rings. The van der Waals surface area contributed by atoms with Crippen molar-refractivity contribution in [3.8, 4) is 0 Å². The average molecular weight is 537 g/mol. The van der Waals surface area contributed by atoms with Crippen molar-refractivity contribution < 1.29 is 18.7 Å². The molecule has 11 heteroatoms. The van der Waals surface area contributed by atoms with Crippen LogP contribution in [0.25, 0.3) is 10.2 Å². The summed E-state index contributed by atoms with van der Waals surface area (Å²) in [6.45, 7) is 7.64. The van der Waals surface area contributed by atoms with Gasteiger partial charge < -0.3 is 15.4 Å². The quantitative estimate of drug-likeness (QED) is 0.264. The van der Waals surface area contributed by atoms with E-state index in [2.05, 4.69) is 30.9 Å². The molecule has 4 rings (SSSR count). The maximum Gasteiger partial charge on any atom is 0.412 e. The summed E-state index contributed by atoms with van der Waals surface area (Å²) in [6.07, 6.45) is 2.78. The van der Waals surface area contributed by atoms with Crippen LogP contribution in [0.5, 0.6) is 0 Å². The maximum atomic E-state index is 13.6. The summed E-state index contributed by atoms with van der Waals surface area (Å²) >= 11 is 1.39. The first kappa shape index (κ1) is 26.9. The van der Waals surface area contributed by atoms with Crippen LogP contribution in [-0.4, -0.2) is 39.1 Å². The molecule has 0 spiro atoms. The SMILES string of the molecule is CC(Nc1nc(C(=O)NCCc2ccc(NC(=O)OC(C)(C)C)cc2)c2sccc2n1)c1cncc(F)c1. The predicted molar refractivity (Wildman–Crippen MR) is 146 cm³/mol. The number of halogens is 1. The fourth-order valence-electron chi connectivity index (χ4n) is 3.60. The van der Waals surface area contributed by atoms with Crippen LogP contribution in [0.1, 0.15) is 55.4 Å². The van der Waals surface area contributed by atoms with E-state index in [4.69, 9.17) is 4.74 Å². The van der Waals surface area contributed by atoms with Crippen molar-refractivity contribution in [2.45, 2.75) is 45.8 Å². The van der Waals surface area contributed by atoms with E-state index in [0.29, 0.717) is 34.4 Å². The second kappa shape index (κ2) is 11.5. The first-order valence-electron chi connectivity index (χ1n) is 12.1. The molecule has 3 aromatic heterocycles. The summed E-state index contributed by atoms with van der Waals surface area (Å²) in [5.41, 5.74) is 2.59. The van der Waals surface area contributed by atoms with Crippen LogP contribution < -0.4 is 16.0 Å². The molecule has 9 nitrogen and oxygen atoms in total. The first-order valence-corrected chi connectivity index (χ1v) is 12.9. The Morgan fingerprint density at radius 1 is 1.11 bits per heavy atom. The Labute approximate surface area is 223 Å². The van der Waals surface area contributed by atoms with E-state index in [1.807, 2.05) is 30.5 Å². The number of amides is 2. The van der Waals surface area contributed by atoms with Gasteiger partial charge in [-0.1, -0.05) is 12.1 Å². The Balaban J connectivity index is 1.37. The molecule has 0 aliphatic rings. The first-order chi connectivity index (χ1) is 18.1. The van der Waals surface area contributed by atoms with E-state index in [-0.39, 0.29) is 23.6 Å². The van der Waals surface area contributed by atoms with E-state index < -0.39 is 17.5 Å². The van der Waals surface area contributed by atoms with Gasteiger partial charge in [-0.15, -0.1) is 11.3 Å². The normalized spacial score (nSPS) is 12.1. The number of anilines is 2. The van der Waals surface area contributed by atoms with Gasteiger partial charge in [-0.05, 0) is 74.9 Å².